The van der Waals surface area contributed by atoms with Crippen LogP contribution >= 0.6 is 12.4 Å². The lowest BCUT2D eigenvalue weighted by Crippen LogP contribution is -2.50. The summed E-state index contributed by atoms with van der Waals surface area (Å²) in [4.78, 5) is 38.1. The lowest BCUT2D eigenvalue weighted by molar-refractivity contribution is -0.130. The van der Waals surface area contributed by atoms with E-state index in [1.165, 1.54) is 5.01 Å². The second kappa shape index (κ2) is 8.51. The van der Waals surface area contributed by atoms with Gasteiger partial charge in [-0.05, 0) is 43.0 Å². The molecule has 2 fully saturated rings. The van der Waals surface area contributed by atoms with Crippen molar-refractivity contribution in [3.63, 3.8) is 0 Å². The number of nitrogens with one attached hydrogen (secondary N) is 1. The molecule has 1 aromatic rings. The zero-order chi connectivity index (χ0) is 18.0. The van der Waals surface area contributed by atoms with Gasteiger partial charge in [0.05, 0.1) is 5.69 Å². The molecular formula is C18H25ClN4O3. The van der Waals surface area contributed by atoms with Crippen LogP contribution in [0.4, 0.5) is 5.69 Å². The van der Waals surface area contributed by atoms with Gasteiger partial charge < -0.3 is 10.6 Å². The van der Waals surface area contributed by atoms with Crippen LogP contribution in [0.5, 0.6) is 0 Å². The highest BCUT2D eigenvalue weighted by atomic mass is 35.5. The number of rotatable bonds is 3. The predicted octanol–water partition coefficient (Wildman–Crippen LogP) is 1.47. The quantitative estimate of drug-likeness (QED) is 0.829. The summed E-state index contributed by atoms with van der Waals surface area (Å²) in [5.74, 6) is 0.191. The summed E-state index contributed by atoms with van der Waals surface area (Å²) in [6.45, 7) is 3.36. The Morgan fingerprint density at radius 3 is 2.58 bits per heavy atom. The van der Waals surface area contributed by atoms with Crippen molar-refractivity contribution < 1.29 is 14.4 Å². The van der Waals surface area contributed by atoms with Gasteiger partial charge in [-0.15, -0.1) is 12.4 Å². The van der Waals surface area contributed by atoms with E-state index in [1.54, 1.807) is 24.3 Å². The molecule has 2 atom stereocenters. The number of nitrogens with two attached hydrogens (primary N) is 1. The van der Waals surface area contributed by atoms with Gasteiger partial charge in [0, 0.05) is 37.5 Å². The van der Waals surface area contributed by atoms with Gasteiger partial charge in [-0.25, -0.2) is 5.01 Å². The summed E-state index contributed by atoms with van der Waals surface area (Å²) in [5.41, 5.74) is 9.51. The number of hydrogen-bond donors (Lipinski definition) is 2. The molecule has 0 aromatic heterocycles. The van der Waals surface area contributed by atoms with E-state index in [0.717, 1.165) is 12.8 Å². The summed E-state index contributed by atoms with van der Waals surface area (Å²) < 4.78 is 0. The minimum absolute atomic E-state index is 0. The Morgan fingerprint density at radius 1 is 1.23 bits per heavy atom. The molecule has 0 bridgehead atoms. The fourth-order valence-corrected chi connectivity index (χ4v) is 3.45. The number of halogens is 1. The zero-order valence-corrected chi connectivity index (χ0v) is 15.6. The maximum atomic E-state index is 12.8. The maximum absolute atomic E-state index is 12.8. The average molecular weight is 381 g/mol. The fourth-order valence-electron chi connectivity index (χ4n) is 3.45. The minimum atomic E-state index is -0.187. The maximum Gasteiger partial charge on any atom is 0.254 e. The van der Waals surface area contributed by atoms with Gasteiger partial charge in [-0.2, -0.15) is 0 Å². The molecule has 0 radical (unpaired) electrons. The normalized spacial score (nSPS) is 23.3. The molecule has 0 aliphatic carbocycles. The minimum Gasteiger partial charge on any atom is -0.334 e. The van der Waals surface area contributed by atoms with Gasteiger partial charge >= 0.3 is 0 Å². The number of carbonyl (C=O) groups is 3. The predicted molar refractivity (Wildman–Crippen MR) is 101 cm³/mol. The molecule has 2 saturated heterocycles. The van der Waals surface area contributed by atoms with Crippen LogP contribution in [0.25, 0.3) is 0 Å². The van der Waals surface area contributed by atoms with Crippen molar-refractivity contribution in [2.75, 3.05) is 18.1 Å². The largest absolute Gasteiger partial charge is 0.334 e. The Labute approximate surface area is 159 Å². The standard InChI is InChI=1S/C18H24N4O3.ClH/c1-12-8-9-21(15(10-12)11-19)18(25)13-2-4-14(5-3-13)22-17(24)7-6-16(23)20-22;/h2-5,12,15H,6-11,19H2,1H3,(H,20,23);1H. The van der Waals surface area contributed by atoms with E-state index in [-0.39, 0.29) is 49.0 Å². The monoisotopic (exact) mass is 380 g/mol. The Hall–Kier alpha value is -2.12. The van der Waals surface area contributed by atoms with Crippen molar-refractivity contribution in [1.82, 2.24) is 10.3 Å². The van der Waals surface area contributed by atoms with Crippen molar-refractivity contribution in [3.05, 3.63) is 29.8 Å². The molecule has 7 nitrogen and oxygen atoms in total. The smallest absolute Gasteiger partial charge is 0.254 e. The molecule has 0 spiro atoms. The molecular weight excluding hydrogens is 356 g/mol. The number of benzene rings is 1. The van der Waals surface area contributed by atoms with Crippen molar-refractivity contribution in [2.24, 2.45) is 11.7 Å². The molecule has 1 aromatic carbocycles. The van der Waals surface area contributed by atoms with Crippen LogP contribution in [0.15, 0.2) is 24.3 Å². The lowest BCUT2D eigenvalue weighted by atomic mass is 9.92. The molecule has 3 rings (SSSR count). The Bertz CT molecular complexity index is 680. The van der Waals surface area contributed by atoms with Crippen molar-refractivity contribution in [2.45, 2.75) is 38.6 Å². The first kappa shape index (κ1) is 20.2. The van der Waals surface area contributed by atoms with Crippen molar-refractivity contribution >= 4 is 35.8 Å². The van der Waals surface area contributed by atoms with Gasteiger partial charge in [-0.3, -0.25) is 19.8 Å². The number of hydrogen-bond acceptors (Lipinski definition) is 4. The molecule has 2 aliphatic heterocycles. The second-order valence-corrected chi connectivity index (χ2v) is 6.83. The molecule has 3 N–H and O–H groups in total. The van der Waals surface area contributed by atoms with Gasteiger partial charge in [0.15, 0.2) is 0 Å². The van der Waals surface area contributed by atoms with Crippen LogP contribution in [-0.2, 0) is 9.59 Å². The lowest BCUT2D eigenvalue weighted by Gasteiger charge is -2.38. The SMILES string of the molecule is CC1CCN(C(=O)c2ccc(N3NC(=O)CCC3=O)cc2)C(CN)C1.Cl. The van der Waals surface area contributed by atoms with Crippen LogP contribution < -0.4 is 16.2 Å². The van der Waals surface area contributed by atoms with E-state index in [0.29, 0.717) is 30.3 Å². The van der Waals surface area contributed by atoms with Crippen LogP contribution in [-0.4, -0.2) is 41.8 Å². The third-order valence-electron chi connectivity index (χ3n) is 4.94. The fraction of sp³-hybridized carbons (Fsp3) is 0.500. The highest BCUT2D eigenvalue weighted by molar-refractivity contribution is 6.01. The zero-order valence-electron chi connectivity index (χ0n) is 14.8. The number of hydrazine groups is 1. The van der Waals surface area contributed by atoms with Crippen LogP contribution in [0, 0.1) is 5.92 Å². The first-order valence-electron chi connectivity index (χ1n) is 8.73. The molecule has 0 saturated carbocycles. The van der Waals surface area contributed by atoms with Gasteiger partial charge in [0.25, 0.3) is 5.91 Å². The molecule has 2 aliphatic rings. The molecule has 3 amide bonds. The van der Waals surface area contributed by atoms with E-state index >= 15 is 0 Å². The third kappa shape index (κ3) is 4.16. The first-order valence-corrected chi connectivity index (χ1v) is 8.73. The van der Waals surface area contributed by atoms with E-state index < -0.39 is 0 Å². The van der Waals surface area contributed by atoms with E-state index in [1.807, 2.05) is 4.90 Å². The number of nitrogens with zero attached hydrogens (tertiary/aromatic N) is 2. The molecule has 2 unspecified atom stereocenters. The second-order valence-electron chi connectivity index (χ2n) is 6.83. The van der Waals surface area contributed by atoms with Gasteiger partial charge in [0.1, 0.15) is 0 Å². The van der Waals surface area contributed by atoms with Crippen LogP contribution in [0.2, 0.25) is 0 Å². The number of anilines is 1. The Kier molecular flexibility index (Phi) is 6.61. The summed E-state index contributed by atoms with van der Waals surface area (Å²) in [6, 6.07) is 6.81. The highest BCUT2D eigenvalue weighted by Gasteiger charge is 2.30. The summed E-state index contributed by atoms with van der Waals surface area (Å²) >= 11 is 0. The molecule has 142 valence electrons. The topological polar surface area (TPSA) is 95.7 Å². The summed E-state index contributed by atoms with van der Waals surface area (Å²) in [6.07, 6.45) is 2.31. The average Bonchev–Trinajstić information content (AvgIpc) is 2.63. The number of likely N-dealkylation sites (tertiary alicyclic amines) is 1. The van der Waals surface area contributed by atoms with Crippen LogP contribution in [0.3, 0.4) is 0 Å². The Balaban J connectivity index is 0.00000243. The summed E-state index contributed by atoms with van der Waals surface area (Å²) in [5, 5.41) is 1.24. The van der Waals surface area contributed by atoms with Crippen molar-refractivity contribution in [3.8, 4) is 0 Å². The van der Waals surface area contributed by atoms with Crippen LogP contribution in [0.1, 0.15) is 43.0 Å². The van der Waals surface area contributed by atoms with E-state index in [4.69, 9.17) is 5.73 Å². The van der Waals surface area contributed by atoms with E-state index in [9.17, 15) is 14.4 Å². The highest BCUT2D eigenvalue weighted by Crippen LogP contribution is 2.25. The number of carbonyl (C=O) groups excluding carboxylic acids is 3. The van der Waals surface area contributed by atoms with Crippen molar-refractivity contribution in [1.29, 1.82) is 0 Å². The van der Waals surface area contributed by atoms with E-state index in [2.05, 4.69) is 12.3 Å². The third-order valence-corrected chi connectivity index (χ3v) is 4.94. The summed E-state index contributed by atoms with van der Waals surface area (Å²) in [7, 11) is 0. The van der Waals surface area contributed by atoms with Gasteiger partial charge in [0.2, 0.25) is 11.8 Å². The molecule has 2 heterocycles. The molecule has 8 heteroatoms. The first-order chi connectivity index (χ1) is 12.0. The Morgan fingerprint density at radius 2 is 1.92 bits per heavy atom. The van der Waals surface area contributed by atoms with Gasteiger partial charge in [-0.1, -0.05) is 6.92 Å². The number of amides is 3. The molecule has 26 heavy (non-hydrogen) atoms. The number of piperidine rings is 1.